The van der Waals surface area contributed by atoms with E-state index in [4.69, 9.17) is 15.9 Å². The van der Waals surface area contributed by atoms with Crippen molar-refractivity contribution in [1.29, 1.82) is 5.41 Å². The molecule has 1 heterocycles. The first-order valence-electron chi connectivity index (χ1n) is 9.16. The second-order valence-electron chi connectivity index (χ2n) is 6.49. The maximum atomic E-state index is 12.2. The summed E-state index contributed by atoms with van der Waals surface area (Å²) in [5.74, 6) is 0.215. The van der Waals surface area contributed by atoms with Gasteiger partial charge < -0.3 is 15.8 Å². The van der Waals surface area contributed by atoms with Gasteiger partial charge >= 0.3 is 6.03 Å². The summed E-state index contributed by atoms with van der Waals surface area (Å²) in [6.45, 7) is 2.16. The van der Waals surface area contributed by atoms with Gasteiger partial charge in [0.1, 0.15) is 12.4 Å². The summed E-state index contributed by atoms with van der Waals surface area (Å²) in [6, 6.07) is 20.1. The molecule has 1 atom stereocenters. The van der Waals surface area contributed by atoms with Crippen molar-refractivity contribution in [3.63, 3.8) is 0 Å². The number of rotatable bonds is 6. The zero-order valence-electron chi connectivity index (χ0n) is 16.1. The molecule has 7 nitrogen and oxygen atoms in total. The molecule has 0 aliphatic rings. The molecule has 3 rings (SSSR count). The Kier molecular flexibility index (Phi) is 6.42. The highest BCUT2D eigenvalue weighted by Crippen LogP contribution is 2.17. The average molecular weight is 389 g/mol. The lowest BCUT2D eigenvalue weighted by molar-refractivity contribution is 0.249. The quantitative estimate of drug-likeness (QED) is 0.376. The number of nitrogens with one attached hydrogen (secondary N) is 3. The molecule has 0 spiro atoms. The SMILES string of the molecule is C[C@@H](NC(=O)Nc1cc(N)c(C(=N)OCc2ccccc2)cn1)c1ccccc1. The number of nitrogens with zero attached hydrogens (tertiary/aromatic N) is 1. The van der Waals surface area contributed by atoms with Crippen molar-refractivity contribution < 1.29 is 9.53 Å². The highest BCUT2D eigenvalue weighted by Gasteiger charge is 2.13. The van der Waals surface area contributed by atoms with Crippen LogP contribution in [0.25, 0.3) is 0 Å². The first kappa shape index (κ1) is 19.9. The number of amides is 2. The minimum Gasteiger partial charge on any atom is -0.473 e. The van der Waals surface area contributed by atoms with Crippen LogP contribution >= 0.6 is 0 Å². The molecule has 0 aliphatic heterocycles. The van der Waals surface area contributed by atoms with Crippen molar-refractivity contribution in [2.75, 3.05) is 11.1 Å². The van der Waals surface area contributed by atoms with Gasteiger partial charge in [-0.3, -0.25) is 10.7 Å². The fourth-order valence-electron chi connectivity index (χ4n) is 2.71. The summed E-state index contributed by atoms with van der Waals surface area (Å²) in [5.41, 5.74) is 8.63. The summed E-state index contributed by atoms with van der Waals surface area (Å²) in [5, 5.41) is 13.6. The van der Waals surface area contributed by atoms with Gasteiger partial charge in [0.05, 0.1) is 11.6 Å². The summed E-state index contributed by atoms with van der Waals surface area (Å²) in [6.07, 6.45) is 1.42. The van der Waals surface area contributed by atoms with Crippen molar-refractivity contribution in [3.8, 4) is 0 Å². The monoisotopic (exact) mass is 389 g/mol. The number of nitrogens with two attached hydrogens (primary N) is 1. The number of pyridine rings is 1. The van der Waals surface area contributed by atoms with Gasteiger partial charge in [0.2, 0.25) is 5.90 Å². The molecule has 5 N–H and O–H groups in total. The van der Waals surface area contributed by atoms with Gasteiger partial charge in [0.25, 0.3) is 0 Å². The summed E-state index contributed by atoms with van der Waals surface area (Å²) < 4.78 is 5.48. The Balaban J connectivity index is 1.57. The van der Waals surface area contributed by atoms with Crippen LogP contribution in [0, 0.1) is 5.41 Å². The maximum absolute atomic E-state index is 12.2. The predicted octanol–water partition coefficient (Wildman–Crippen LogP) is 4.09. The predicted molar refractivity (Wildman–Crippen MR) is 114 cm³/mol. The second-order valence-corrected chi connectivity index (χ2v) is 6.49. The Bertz CT molecular complexity index is 977. The Morgan fingerprint density at radius 3 is 2.45 bits per heavy atom. The minimum absolute atomic E-state index is 0.0763. The standard InChI is InChI=1S/C22H23N5O2/c1-15(17-10-6-3-7-11-17)26-22(28)27-20-12-19(23)18(13-25-20)21(24)29-14-16-8-4-2-5-9-16/h2-13,15,24H,14H2,1H3,(H4,23,25,26,27,28)/t15-/m1/s1. The van der Waals surface area contributed by atoms with Gasteiger partial charge in [0, 0.05) is 18.0 Å². The van der Waals surface area contributed by atoms with E-state index < -0.39 is 6.03 Å². The maximum Gasteiger partial charge on any atom is 0.320 e. The summed E-state index contributed by atoms with van der Waals surface area (Å²) in [7, 11) is 0. The third-order valence-electron chi connectivity index (χ3n) is 4.30. The van der Waals surface area contributed by atoms with Crippen LogP contribution in [0.15, 0.2) is 72.9 Å². The van der Waals surface area contributed by atoms with Crippen LogP contribution < -0.4 is 16.4 Å². The lowest BCUT2D eigenvalue weighted by atomic mass is 10.1. The molecule has 2 aromatic carbocycles. The molecule has 1 aromatic heterocycles. The molecular formula is C22H23N5O2. The van der Waals surface area contributed by atoms with Gasteiger partial charge in [-0.25, -0.2) is 9.78 Å². The molecule has 0 aliphatic carbocycles. The van der Waals surface area contributed by atoms with Crippen molar-refractivity contribution >= 4 is 23.4 Å². The number of anilines is 2. The van der Waals surface area contributed by atoms with Crippen LogP contribution in [-0.4, -0.2) is 16.9 Å². The second kappa shape index (κ2) is 9.36. The molecule has 3 aromatic rings. The van der Waals surface area contributed by atoms with Crippen LogP contribution in [0.3, 0.4) is 0 Å². The largest absolute Gasteiger partial charge is 0.473 e. The third kappa shape index (κ3) is 5.55. The number of ether oxygens (including phenoxy) is 1. The summed E-state index contributed by atoms with van der Waals surface area (Å²) in [4.78, 5) is 16.4. The first-order chi connectivity index (χ1) is 14.0. The zero-order chi connectivity index (χ0) is 20.6. The topological polar surface area (TPSA) is 113 Å². The molecule has 7 heteroatoms. The van der Waals surface area contributed by atoms with E-state index in [0.29, 0.717) is 17.1 Å². The molecule has 0 radical (unpaired) electrons. The smallest absolute Gasteiger partial charge is 0.320 e. The molecule has 148 valence electrons. The van der Waals surface area contributed by atoms with E-state index in [1.54, 1.807) is 0 Å². The molecule has 0 saturated carbocycles. The number of nitrogen functional groups attached to an aromatic ring is 1. The van der Waals surface area contributed by atoms with Gasteiger partial charge in [-0.2, -0.15) is 0 Å². The lowest BCUT2D eigenvalue weighted by Crippen LogP contribution is -2.31. The number of carbonyl (C=O) groups excluding carboxylic acids is 1. The molecule has 0 saturated heterocycles. The molecular weight excluding hydrogens is 366 g/mol. The number of urea groups is 1. The highest BCUT2D eigenvalue weighted by atomic mass is 16.5. The van der Waals surface area contributed by atoms with E-state index in [0.717, 1.165) is 11.1 Å². The molecule has 0 bridgehead atoms. The third-order valence-corrected chi connectivity index (χ3v) is 4.30. The van der Waals surface area contributed by atoms with E-state index in [1.807, 2.05) is 67.6 Å². The van der Waals surface area contributed by atoms with E-state index in [1.165, 1.54) is 12.3 Å². The molecule has 0 fully saturated rings. The lowest BCUT2D eigenvalue weighted by Gasteiger charge is -2.15. The molecule has 0 unspecified atom stereocenters. The Morgan fingerprint density at radius 1 is 1.14 bits per heavy atom. The highest BCUT2D eigenvalue weighted by molar-refractivity contribution is 5.97. The minimum atomic E-state index is -0.392. The summed E-state index contributed by atoms with van der Waals surface area (Å²) >= 11 is 0. The Labute approximate surface area is 169 Å². The average Bonchev–Trinajstić information content (AvgIpc) is 2.73. The van der Waals surface area contributed by atoms with Crippen LogP contribution in [0.1, 0.15) is 29.7 Å². The van der Waals surface area contributed by atoms with Gasteiger partial charge in [-0.05, 0) is 18.1 Å². The van der Waals surface area contributed by atoms with Crippen molar-refractivity contribution in [2.45, 2.75) is 19.6 Å². The zero-order valence-corrected chi connectivity index (χ0v) is 16.1. The Hall–Kier alpha value is -3.87. The molecule has 29 heavy (non-hydrogen) atoms. The van der Waals surface area contributed by atoms with E-state index in [-0.39, 0.29) is 18.5 Å². The fourth-order valence-corrected chi connectivity index (χ4v) is 2.71. The van der Waals surface area contributed by atoms with Crippen LogP contribution in [0.2, 0.25) is 0 Å². The van der Waals surface area contributed by atoms with E-state index in [9.17, 15) is 4.79 Å². The van der Waals surface area contributed by atoms with Crippen LogP contribution in [-0.2, 0) is 11.3 Å². The van der Waals surface area contributed by atoms with E-state index >= 15 is 0 Å². The molecule has 2 amide bonds. The fraction of sp³-hybridized carbons (Fsp3) is 0.136. The van der Waals surface area contributed by atoms with Crippen molar-refractivity contribution in [1.82, 2.24) is 10.3 Å². The number of aromatic nitrogens is 1. The number of benzene rings is 2. The Morgan fingerprint density at radius 2 is 1.79 bits per heavy atom. The number of hydrogen-bond donors (Lipinski definition) is 4. The van der Waals surface area contributed by atoms with Crippen LogP contribution in [0.4, 0.5) is 16.3 Å². The first-order valence-corrected chi connectivity index (χ1v) is 9.16. The normalized spacial score (nSPS) is 11.3. The van der Waals surface area contributed by atoms with E-state index in [2.05, 4.69) is 15.6 Å². The van der Waals surface area contributed by atoms with Crippen LogP contribution in [0.5, 0.6) is 0 Å². The van der Waals surface area contributed by atoms with Crippen molar-refractivity contribution in [3.05, 3.63) is 89.6 Å². The number of carbonyl (C=O) groups is 1. The van der Waals surface area contributed by atoms with Gasteiger partial charge in [0.15, 0.2) is 0 Å². The van der Waals surface area contributed by atoms with Gasteiger partial charge in [-0.1, -0.05) is 60.7 Å². The van der Waals surface area contributed by atoms with Gasteiger partial charge in [-0.15, -0.1) is 0 Å². The number of hydrogen-bond acceptors (Lipinski definition) is 5. The van der Waals surface area contributed by atoms with Crippen molar-refractivity contribution in [2.24, 2.45) is 0 Å².